The highest BCUT2D eigenvalue weighted by molar-refractivity contribution is 7.16. The van der Waals surface area contributed by atoms with E-state index in [0.29, 0.717) is 43.4 Å². The van der Waals surface area contributed by atoms with Crippen molar-refractivity contribution in [2.45, 2.75) is 34.6 Å². The summed E-state index contributed by atoms with van der Waals surface area (Å²) in [6, 6.07) is 0. The van der Waals surface area contributed by atoms with Gasteiger partial charge in [0.05, 0.1) is 18.7 Å². The minimum Gasteiger partial charge on any atom is -0.462 e. The molecule has 0 aliphatic carbocycles. The fourth-order valence-corrected chi connectivity index (χ4v) is 4.09. The third-order valence-electron chi connectivity index (χ3n) is 4.66. The molecule has 0 aromatic carbocycles. The number of aryl methyl sites for hydroxylation is 1. The Bertz CT molecular complexity index is 706. The Kier molecular flexibility index (Phi) is 7.38. The molecule has 1 aromatic rings. The molecule has 0 atom stereocenters. The highest BCUT2D eigenvalue weighted by atomic mass is 32.1. The summed E-state index contributed by atoms with van der Waals surface area (Å²) in [5.41, 5.74) is 1.29. The molecule has 2 amide bonds. The van der Waals surface area contributed by atoms with Gasteiger partial charge in [-0.05, 0) is 26.3 Å². The molecule has 1 saturated heterocycles. The van der Waals surface area contributed by atoms with Crippen molar-refractivity contribution < 1.29 is 19.1 Å². The van der Waals surface area contributed by atoms with E-state index >= 15 is 0 Å². The second-order valence-corrected chi connectivity index (χ2v) is 8.24. The van der Waals surface area contributed by atoms with E-state index in [9.17, 15) is 14.4 Å². The summed E-state index contributed by atoms with van der Waals surface area (Å²) in [5.74, 6) is -0.421. The van der Waals surface area contributed by atoms with Crippen LogP contribution in [0.2, 0.25) is 0 Å². The summed E-state index contributed by atoms with van der Waals surface area (Å²) in [7, 11) is 0. The number of hydrogen-bond acceptors (Lipinski definition) is 6. The molecular formula is C19H29N3O4S. The lowest BCUT2D eigenvalue weighted by Crippen LogP contribution is -2.51. The van der Waals surface area contributed by atoms with Gasteiger partial charge in [-0.2, -0.15) is 0 Å². The molecule has 0 spiro atoms. The maximum Gasteiger partial charge on any atom is 0.341 e. The molecular weight excluding hydrogens is 366 g/mol. The van der Waals surface area contributed by atoms with Crippen LogP contribution >= 0.6 is 11.3 Å². The van der Waals surface area contributed by atoms with E-state index in [-0.39, 0.29) is 24.3 Å². The van der Waals surface area contributed by atoms with Gasteiger partial charge < -0.3 is 15.0 Å². The van der Waals surface area contributed by atoms with E-state index in [0.717, 1.165) is 10.4 Å². The van der Waals surface area contributed by atoms with E-state index in [4.69, 9.17) is 4.74 Å². The standard InChI is InChI=1S/C19H29N3O4S/c1-6-26-19(25)16-13(4)14(5)27-17(16)20-15(23)11-21-7-9-22(10-8-21)18(24)12(2)3/h12H,6-11H2,1-5H3,(H,20,23). The number of nitrogens with zero attached hydrogens (tertiary/aromatic N) is 2. The molecule has 2 heterocycles. The molecule has 150 valence electrons. The monoisotopic (exact) mass is 395 g/mol. The third kappa shape index (κ3) is 5.29. The highest BCUT2D eigenvalue weighted by Crippen LogP contribution is 2.33. The summed E-state index contributed by atoms with van der Waals surface area (Å²) < 4.78 is 5.12. The molecule has 1 aliphatic heterocycles. The highest BCUT2D eigenvalue weighted by Gasteiger charge is 2.25. The SMILES string of the molecule is CCOC(=O)c1c(NC(=O)CN2CCN(C(=O)C(C)C)CC2)sc(C)c1C. The molecule has 27 heavy (non-hydrogen) atoms. The molecule has 1 N–H and O–H groups in total. The smallest absolute Gasteiger partial charge is 0.341 e. The number of nitrogens with one attached hydrogen (secondary N) is 1. The quantitative estimate of drug-likeness (QED) is 0.748. The van der Waals surface area contributed by atoms with Crippen molar-refractivity contribution >= 4 is 34.1 Å². The Morgan fingerprint density at radius 3 is 2.33 bits per heavy atom. The van der Waals surface area contributed by atoms with E-state index in [1.54, 1.807) is 6.92 Å². The van der Waals surface area contributed by atoms with Gasteiger partial charge in [-0.1, -0.05) is 13.8 Å². The first-order valence-electron chi connectivity index (χ1n) is 9.32. The van der Waals surface area contributed by atoms with E-state index in [1.807, 2.05) is 37.5 Å². The van der Waals surface area contributed by atoms with Gasteiger partial charge in [-0.15, -0.1) is 11.3 Å². The summed E-state index contributed by atoms with van der Waals surface area (Å²) >= 11 is 1.39. The number of carbonyl (C=O) groups is 3. The van der Waals surface area contributed by atoms with E-state index < -0.39 is 5.97 Å². The molecule has 8 heteroatoms. The van der Waals surface area contributed by atoms with Gasteiger partial charge in [0, 0.05) is 37.0 Å². The Balaban J connectivity index is 1.95. The van der Waals surface area contributed by atoms with Crippen LogP contribution < -0.4 is 5.32 Å². The van der Waals surface area contributed by atoms with E-state index in [2.05, 4.69) is 5.32 Å². The summed E-state index contributed by atoms with van der Waals surface area (Å²) in [6.07, 6.45) is 0. The van der Waals surface area contributed by atoms with E-state index in [1.165, 1.54) is 11.3 Å². The Morgan fingerprint density at radius 2 is 1.78 bits per heavy atom. The van der Waals surface area contributed by atoms with Gasteiger partial charge in [-0.25, -0.2) is 4.79 Å². The van der Waals surface area contributed by atoms with Crippen LogP contribution in [0, 0.1) is 19.8 Å². The van der Waals surface area contributed by atoms with Crippen molar-refractivity contribution in [3.8, 4) is 0 Å². The van der Waals surface area contributed by atoms with Gasteiger partial charge in [0.15, 0.2) is 0 Å². The summed E-state index contributed by atoms with van der Waals surface area (Å²) in [5, 5.41) is 3.41. The minimum absolute atomic E-state index is 0.00791. The first kappa shape index (κ1) is 21.4. The number of esters is 1. The molecule has 0 saturated carbocycles. The number of anilines is 1. The fraction of sp³-hybridized carbons (Fsp3) is 0.632. The number of ether oxygens (including phenoxy) is 1. The van der Waals surface area contributed by atoms with Crippen LogP contribution in [0.25, 0.3) is 0 Å². The van der Waals surface area contributed by atoms with Crippen LogP contribution in [0.4, 0.5) is 5.00 Å². The van der Waals surface area contributed by atoms with Crippen molar-refractivity contribution in [3.63, 3.8) is 0 Å². The second-order valence-electron chi connectivity index (χ2n) is 7.01. The second kappa shape index (κ2) is 9.32. The van der Waals surface area contributed by atoms with Crippen LogP contribution in [-0.2, 0) is 14.3 Å². The van der Waals surface area contributed by atoms with Crippen LogP contribution in [0.5, 0.6) is 0 Å². The van der Waals surface area contributed by atoms with Crippen molar-refractivity contribution in [3.05, 3.63) is 16.0 Å². The van der Waals surface area contributed by atoms with Gasteiger partial charge in [0.2, 0.25) is 11.8 Å². The molecule has 0 unspecified atom stereocenters. The van der Waals surface area contributed by atoms with Crippen molar-refractivity contribution in [2.75, 3.05) is 44.6 Å². The van der Waals surface area contributed by atoms with Crippen LogP contribution in [0.15, 0.2) is 0 Å². The summed E-state index contributed by atoms with van der Waals surface area (Å²) in [4.78, 5) is 41.6. The van der Waals surface area contributed by atoms with Crippen LogP contribution in [-0.4, -0.2) is 66.9 Å². The zero-order valence-corrected chi connectivity index (χ0v) is 17.6. The van der Waals surface area contributed by atoms with Gasteiger partial charge in [-0.3, -0.25) is 14.5 Å². The minimum atomic E-state index is -0.407. The molecule has 1 aromatic heterocycles. The first-order chi connectivity index (χ1) is 12.7. The molecule has 0 radical (unpaired) electrons. The van der Waals surface area contributed by atoms with Crippen molar-refractivity contribution in [1.29, 1.82) is 0 Å². The number of carbonyl (C=O) groups excluding carboxylic acids is 3. The number of hydrogen-bond donors (Lipinski definition) is 1. The molecule has 7 nitrogen and oxygen atoms in total. The number of rotatable bonds is 6. The predicted octanol–water partition coefficient (Wildman–Crippen LogP) is 2.28. The van der Waals surface area contributed by atoms with Crippen molar-refractivity contribution in [2.24, 2.45) is 5.92 Å². The number of thiophene rings is 1. The zero-order valence-electron chi connectivity index (χ0n) is 16.8. The Morgan fingerprint density at radius 1 is 1.15 bits per heavy atom. The maximum atomic E-state index is 12.5. The largest absolute Gasteiger partial charge is 0.462 e. The Hall–Kier alpha value is -1.93. The molecule has 2 rings (SSSR count). The lowest BCUT2D eigenvalue weighted by Gasteiger charge is -2.35. The molecule has 1 fully saturated rings. The van der Waals surface area contributed by atoms with Crippen LogP contribution in [0.3, 0.4) is 0 Å². The fourth-order valence-electron chi connectivity index (χ4n) is 3.02. The number of piperazine rings is 1. The topological polar surface area (TPSA) is 79.0 Å². The summed E-state index contributed by atoms with van der Waals surface area (Å²) in [6.45, 7) is 12.5. The van der Waals surface area contributed by atoms with Crippen molar-refractivity contribution in [1.82, 2.24) is 9.80 Å². The first-order valence-corrected chi connectivity index (χ1v) is 10.1. The molecule has 1 aliphatic rings. The van der Waals surface area contributed by atoms with Gasteiger partial charge in [0.25, 0.3) is 0 Å². The average molecular weight is 396 g/mol. The van der Waals surface area contributed by atoms with Gasteiger partial charge in [0.1, 0.15) is 5.00 Å². The van der Waals surface area contributed by atoms with Gasteiger partial charge >= 0.3 is 5.97 Å². The average Bonchev–Trinajstić information content (AvgIpc) is 2.88. The Labute approximate surface area is 164 Å². The lowest BCUT2D eigenvalue weighted by molar-refractivity contribution is -0.136. The number of amides is 2. The maximum absolute atomic E-state index is 12.5. The normalized spacial score (nSPS) is 15.1. The zero-order chi connectivity index (χ0) is 20.1. The van der Waals surface area contributed by atoms with Crippen LogP contribution in [0.1, 0.15) is 41.6 Å². The predicted molar refractivity (Wildman–Crippen MR) is 106 cm³/mol. The third-order valence-corrected chi connectivity index (χ3v) is 5.79. The lowest BCUT2D eigenvalue weighted by atomic mass is 10.1. The molecule has 0 bridgehead atoms.